The maximum Gasteiger partial charge on any atom is 0.419 e. The highest BCUT2D eigenvalue weighted by Crippen LogP contribution is 2.32. The predicted molar refractivity (Wildman–Crippen MR) is 101 cm³/mol. The molecular formula is C20H26N2O5. The maximum absolute atomic E-state index is 12.7. The number of fused-ring (bicyclic) bond motifs is 1. The second-order valence-corrected chi connectivity index (χ2v) is 7.53. The van der Waals surface area contributed by atoms with Crippen molar-refractivity contribution in [2.75, 3.05) is 33.4 Å². The van der Waals surface area contributed by atoms with Crippen molar-refractivity contribution in [2.45, 2.75) is 32.8 Å². The zero-order valence-electron chi connectivity index (χ0n) is 16.3. The van der Waals surface area contributed by atoms with Gasteiger partial charge in [-0.25, -0.2) is 4.79 Å². The Bertz CT molecular complexity index is 844. The van der Waals surface area contributed by atoms with Crippen LogP contribution in [0.2, 0.25) is 0 Å². The summed E-state index contributed by atoms with van der Waals surface area (Å²) in [4.78, 5) is 27.2. The van der Waals surface area contributed by atoms with Crippen LogP contribution >= 0.6 is 0 Å². The van der Waals surface area contributed by atoms with Gasteiger partial charge in [0.15, 0.2) is 0 Å². The molecule has 1 aromatic heterocycles. The molecule has 1 saturated heterocycles. The van der Waals surface area contributed by atoms with E-state index in [9.17, 15) is 9.59 Å². The molecule has 1 amide bonds. The topological polar surface area (TPSA) is 70.0 Å². The summed E-state index contributed by atoms with van der Waals surface area (Å²) in [5, 5.41) is 0.757. The van der Waals surface area contributed by atoms with Gasteiger partial charge in [0.1, 0.15) is 11.4 Å². The van der Waals surface area contributed by atoms with Crippen LogP contribution in [-0.4, -0.2) is 60.5 Å². The lowest BCUT2D eigenvalue weighted by Gasteiger charge is -2.26. The number of aromatic nitrogens is 1. The van der Waals surface area contributed by atoms with E-state index in [0.29, 0.717) is 37.6 Å². The summed E-state index contributed by atoms with van der Waals surface area (Å²) < 4.78 is 17.7. The first-order valence-electron chi connectivity index (χ1n) is 9.06. The fourth-order valence-corrected chi connectivity index (χ4v) is 3.19. The number of methoxy groups -OCH3 is 1. The Hall–Kier alpha value is -2.54. The monoisotopic (exact) mass is 374 g/mol. The summed E-state index contributed by atoms with van der Waals surface area (Å²) in [6.07, 6.45) is 1.39. The van der Waals surface area contributed by atoms with Crippen LogP contribution in [0.3, 0.4) is 0 Å². The van der Waals surface area contributed by atoms with E-state index in [4.69, 9.17) is 14.2 Å². The van der Waals surface area contributed by atoms with Crippen molar-refractivity contribution in [3.8, 4) is 5.75 Å². The molecule has 2 aromatic rings. The first-order chi connectivity index (χ1) is 12.8. The zero-order chi connectivity index (χ0) is 19.6. The normalized spacial score (nSPS) is 15.0. The van der Waals surface area contributed by atoms with Crippen LogP contribution in [0.1, 0.15) is 26.3 Å². The van der Waals surface area contributed by atoms with Crippen LogP contribution in [0.4, 0.5) is 4.79 Å². The van der Waals surface area contributed by atoms with E-state index in [1.54, 1.807) is 18.2 Å². The Morgan fingerprint density at radius 3 is 2.52 bits per heavy atom. The highest BCUT2D eigenvalue weighted by Gasteiger charge is 2.24. The number of benzene rings is 1. The molecule has 0 spiro atoms. The van der Waals surface area contributed by atoms with Gasteiger partial charge in [0.05, 0.1) is 32.3 Å². The van der Waals surface area contributed by atoms with Gasteiger partial charge in [0.25, 0.3) is 0 Å². The van der Waals surface area contributed by atoms with Gasteiger partial charge in [-0.1, -0.05) is 6.07 Å². The fraction of sp³-hybridized carbons (Fsp3) is 0.500. The number of ether oxygens (including phenoxy) is 3. The van der Waals surface area contributed by atoms with Crippen LogP contribution in [0.25, 0.3) is 10.9 Å². The Morgan fingerprint density at radius 2 is 1.89 bits per heavy atom. The van der Waals surface area contributed by atoms with E-state index in [0.717, 1.165) is 10.9 Å². The van der Waals surface area contributed by atoms with E-state index in [1.165, 1.54) is 4.57 Å². The van der Waals surface area contributed by atoms with Crippen LogP contribution < -0.4 is 4.74 Å². The first kappa shape index (κ1) is 19.2. The zero-order valence-corrected chi connectivity index (χ0v) is 16.3. The Balaban J connectivity index is 1.98. The number of hydrogen-bond acceptors (Lipinski definition) is 5. The molecule has 1 aromatic carbocycles. The Kier molecular flexibility index (Phi) is 5.41. The van der Waals surface area contributed by atoms with Gasteiger partial charge in [0.2, 0.25) is 5.91 Å². The molecule has 0 atom stereocenters. The van der Waals surface area contributed by atoms with Crippen molar-refractivity contribution in [3.63, 3.8) is 0 Å². The largest absolute Gasteiger partial charge is 0.496 e. The molecule has 7 nitrogen and oxygen atoms in total. The maximum atomic E-state index is 12.7. The van der Waals surface area contributed by atoms with Crippen LogP contribution in [0.5, 0.6) is 5.75 Å². The number of rotatable bonds is 3. The second-order valence-electron chi connectivity index (χ2n) is 7.53. The number of carbonyl (C=O) groups excluding carboxylic acids is 2. The lowest BCUT2D eigenvalue weighted by molar-refractivity contribution is -0.134. The van der Waals surface area contributed by atoms with Crippen LogP contribution in [-0.2, 0) is 20.7 Å². The Morgan fingerprint density at radius 1 is 1.19 bits per heavy atom. The fourth-order valence-electron chi connectivity index (χ4n) is 3.19. The quantitative estimate of drug-likeness (QED) is 0.826. The van der Waals surface area contributed by atoms with Gasteiger partial charge in [-0.15, -0.1) is 0 Å². The van der Waals surface area contributed by atoms with Crippen LogP contribution in [0, 0.1) is 0 Å². The molecule has 0 unspecified atom stereocenters. The minimum atomic E-state index is -0.615. The lowest BCUT2D eigenvalue weighted by atomic mass is 10.1. The van der Waals surface area contributed by atoms with Gasteiger partial charge in [-0.3, -0.25) is 9.36 Å². The SMILES string of the molecule is COc1cccc2c1c(CC(=O)N1CCOCC1)cn2C(=O)OC(C)(C)C. The third kappa shape index (κ3) is 4.24. The minimum absolute atomic E-state index is 0.00689. The summed E-state index contributed by atoms with van der Waals surface area (Å²) in [5.41, 5.74) is 0.786. The van der Waals surface area contributed by atoms with Gasteiger partial charge in [-0.05, 0) is 38.5 Å². The summed E-state index contributed by atoms with van der Waals surface area (Å²) in [6.45, 7) is 7.73. The smallest absolute Gasteiger partial charge is 0.419 e. The predicted octanol–water partition coefficient (Wildman–Crippen LogP) is 2.83. The molecule has 2 heterocycles. The molecule has 0 bridgehead atoms. The molecule has 1 aliphatic rings. The van der Waals surface area contributed by atoms with Crippen molar-refractivity contribution in [1.82, 2.24) is 9.47 Å². The number of nitrogens with zero attached hydrogens (tertiary/aromatic N) is 2. The van der Waals surface area contributed by atoms with E-state index >= 15 is 0 Å². The van der Waals surface area contributed by atoms with Gasteiger partial charge >= 0.3 is 6.09 Å². The molecule has 1 aliphatic heterocycles. The highest BCUT2D eigenvalue weighted by molar-refractivity contribution is 5.98. The van der Waals surface area contributed by atoms with Gasteiger partial charge in [0, 0.05) is 24.7 Å². The molecule has 146 valence electrons. The molecular weight excluding hydrogens is 348 g/mol. The van der Waals surface area contributed by atoms with E-state index in [-0.39, 0.29) is 12.3 Å². The number of amides is 1. The van der Waals surface area contributed by atoms with Crippen molar-refractivity contribution >= 4 is 22.9 Å². The van der Waals surface area contributed by atoms with Crippen molar-refractivity contribution in [3.05, 3.63) is 30.0 Å². The summed E-state index contributed by atoms with van der Waals surface area (Å²) in [6, 6.07) is 5.46. The summed E-state index contributed by atoms with van der Waals surface area (Å²) in [5.74, 6) is 0.632. The number of hydrogen-bond donors (Lipinski definition) is 0. The first-order valence-corrected chi connectivity index (χ1v) is 9.06. The molecule has 3 rings (SSSR count). The van der Waals surface area contributed by atoms with Crippen molar-refractivity contribution < 1.29 is 23.8 Å². The average molecular weight is 374 g/mol. The highest BCUT2D eigenvalue weighted by atomic mass is 16.6. The van der Waals surface area contributed by atoms with E-state index in [1.807, 2.05) is 39.0 Å². The molecule has 0 radical (unpaired) electrons. The second kappa shape index (κ2) is 7.60. The standard InChI is InChI=1S/C20H26N2O5/c1-20(2,3)27-19(24)22-13-14(12-17(23)21-8-10-26-11-9-21)18-15(22)6-5-7-16(18)25-4/h5-7,13H,8-12H2,1-4H3. The van der Waals surface area contributed by atoms with E-state index < -0.39 is 11.7 Å². The molecule has 0 N–H and O–H groups in total. The lowest BCUT2D eigenvalue weighted by Crippen LogP contribution is -2.41. The van der Waals surface area contributed by atoms with Gasteiger partial charge < -0.3 is 19.1 Å². The Labute approximate surface area is 158 Å². The molecule has 7 heteroatoms. The summed E-state index contributed by atoms with van der Waals surface area (Å²) in [7, 11) is 1.58. The molecule has 0 aliphatic carbocycles. The van der Waals surface area contributed by atoms with Crippen LogP contribution in [0.15, 0.2) is 24.4 Å². The van der Waals surface area contributed by atoms with Crippen molar-refractivity contribution in [2.24, 2.45) is 0 Å². The van der Waals surface area contributed by atoms with E-state index in [2.05, 4.69) is 0 Å². The minimum Gasteiger partial charge on any atom is -0.496 e. The third-order valence-electron chi connectivity index (χ3n) is 4.39. The third-order valence-corrected chi connectivity index (χ3v) is 4.39. The number of morpholine rings is 1. The van der Waals surface area contributed by atoms with Crippen molar-refractivity contribution in [1.29, 1.82) is 0 Å². The molecule has 0 saturated carbocycles. The summed E-state index contributed by atoms with van der Waals surface area (Å²) >= 11 is 0. The average Bonchev–Trinajstić information content (AvgIpc) is 3.00. The molecule has 27 heavy (non-hydrogen) atoms. The molecule has 1 fully saturated rings. The van der Waals surface area contributed by atoms with Gasteiger partial charge in [-0.2, -0.15) is 0 Å². The number of carbonyl (C=O) groups is 2.